The molecule has 1 N–H and O–H groups in total. The van der Waals surface area contributed by atoms with Gasteiger partial charge in [0, 0.05) is 6.54 Å². The molecule has 0 bridgehead atoms. The molecule has 1 amide bonds. The van der Waals surface area contributed by atoms with Crippen LogP contribution in [0.4, 0.5) is 0 Å². The first-order valence-corrected chi connectivity index (χ1v) is 4.84. The van der Waals surface area contributed by atoms with Crippen molar-refractivity contribution in [2.75, 3.05) is 6.54 Å². The molecule has 1 aliphatic heterocycles. The van der Waals surface area contributed by atoms with E-state index in [0.29, 0.717) is 12.2 Å². The van der Waals surface area contributed by atoms with Crippen LogP contribution in [0, 0.1) is 0 Å². The number of nitrogens with zero attached hydrogens (tertiary/aromatic N) is 2. The Balaban J connectivity index is 2.63. The number of carbonyl (C=O) groups excluding carboxylic acids is 1. The maximum Gasteiger partial charge on any atom is 0.270 e. The van der Waals surface area contributed by atoms with Gasteiger partial charge in [0.1, 0.15) is 5.69 Å². The number of fused-ring (bicyclic) bond motifs is 1. The second-order valence-corrected chi connectivity index (χ2v) is 4.60. The van der Waals surface area contributed by atoms with Crippen molar-refractivity contribution in [3.63, 3.8) is 0 Å². The second-order valence-electron chi connectivity index (χ2n) is 3.75. The first-order chi connectivity index (χ1) is 6.02. The smallest absolute Gasteiger partial charge is 0.270 e. The number of amides is 1. The Labute approximate surface area is 84.4 Å². The number of hydrogen-bond acceptors (Lipinski definition) is 2. The summed E-state index contributed by atoms with van der Waals surface area (Å²) in [5.41, 5.74) is 0.464. The van der Waals surface area contributed by atoms with E-state index in [1.54, 1.807) is 10.9 Å². The van der Waals surface area contributed by atoms with E-state index in [4.69, 9.17) is 0 Å². The zero-order chi connectivity index (χ0) is 9.64. The monoisotopic (exact) mass is 243 g/mol. The number of aromatic nitrogens is 2. The highest BCUT2D eigenvalue weighted by molar-refractivity contribution is 9.10. The number of nitrogens with one attached hydrogen (secondary N) is 1. The Morgan fingerprint density at radius 1 is 1.69 bits per heavy atom. The molecule has 4 nitrogen and oxygen atoms in total. The predicted molar refractivity (Wildman–Crippen MR) is 51.6 cm³/mol. The number of rotatable bonds is 0. The fourth-order valence-electron chi connectivity index (χ4n) is 1.45. The molecule has 0 aliphatic carbocycles. The van der Waals surface area contributed by atoms with Gasteiger partial charge < -0.3 is 5.32 Å². The summed E-state index contributed by atoms with van der Waals surface area (Å²) in [5, 5.41) is 6.99. The topological polar surface area (TPSA) is 46.9 Å². The van der Waals surface area contributed by atoms with Crippen LogP contribution in [0.25, 0.3) is 0 Å². The Hall–Kier alpha value is -0.840. The quantitative estimate of drug-likeness (QED) is 0.743. The maximum atomic E-state index is 11.5. The van der Waals surface area contributed by atoms with Crippen LogP contribution in [-0.4, -0.2) is 22.2 Å². The Morgan fingerprint density at radius 3 is 3.00 bits per heavy atom. The van der Waals surface area contributed by atoms with E-state index in [1.165, 1.54) is 0 Å². The van der Waals surface area contributed by atoms with E-state index in [1.807, 2.05) is 13.8 Å². The highest BCUT2D eigenvalue weighted by Gasteiger charge is 2.33. The molecular weight excluding hydrogens is 234 g/mol. The van der Waals surface area contributed by atoms with Crippen molar-refractivity contribution in [3.05, 3.63) is 16.4 Å². The Kier molecular flexibility index (Phi) is 1.73. The summed E-state index contributed by atoms with van der Waals surface area (Å²) in [6, 6.07) is 0. The SMILES string of the molecule is CC1(C)CNC(=O)c2c(Br)cnn21. The lowest BCUT2D eigenvalue weighted by molar-refractivity contribution is 0.0876. The van der Waals surface area contributed by atoms with Crippen LogP contribution in [0.2, 0.25) is 0 Å². The minimum Gasteiger partial charge on any atom is -0.348 e. The van der Waals surface area contributed by atoms with Gasteiger partial charge in [0.2, 0.25) is 0 Å². The van der Waals surface area contributed by atoms with Gasteiger partial charge in [0.15, 0.2) is 0 Å². The predicted octanol–water partition coefficient (Wildman–Crippen LogP) is 1.12. The summed E-state index contributed by atoms with van der Waals surface area (Å²) >= 11 is 3.30. The molecule has 2 heterocycles. The fourth-order valence-corrected chi connectivity index (χ4v) is 1.89. The van der Waals surface area contributed by atoms with Crippen molar-refractivity contribution >= 4 is 21.8 Å². The molecule has 0 aromatic carbocycles. The van der Waals surface area contributed by atoms with Crippen LogP contribution in [0.15, 0.2) is 10.7 Å². The summed E-state index contributed by atoms with van der Waals surface area (Å²) in [6.45, 7) is 4.69. The molecule has 1 aliphatic rings. The van der Waals surface area contributed by atoms with Crippen LogP contribution in [0.5, 0.6) is 0 Å². The minimum absolute atomic E-state index is 0.0660. The van der Waals surface area contributed by atoms with Gasteiger partial charge >= 0.3 is 0 Å². The molecule has 0 saturated heterocycles. The van der Waals surface area contributed by atoms with Gasteiger partial charge in [-0.1, -0.05) is 0 Å². The molecule has 1 aromatic heterocycles. The third-order valence-electron chi connectivity index (χ3n) is 2.19. The largest absolute Gasteiger partial charge is 0.348 e. The highest BCUT2D eigenvalue weighted by atomic mass is 79.9. The third kappa shape index (κ3) is 1.18. The van der Waals surface area contributed by atoms with Gasteiger partial charge in [-0.05, 0) is 29.8 Å². The molecule has 2 rings (SSSR count). The lowest BCUT2D eigenvalue weighted by Crippen LogP contribution is -2.48. The molecule has 0 radical (unpaired) electrons. The van der Waals surface area contributed by atoms with Gasteiger partial charge in [-0.2, -0.15) is 5.10 Å². The zero-order valence-corrected chi connectivity index (χ0v) is 9.05. The molecular formula is C8H10BrN3O. The first-order valence-electron chi connectivity index (χ1n) is 4.04. The average Bonchev–Trinajstić information content (AvgIpc) is 2.42. The molecule has 0 fully saturated rings. The molecule has 0 unspecified atom stereocenters. The van der Waals surface area contributed by atoms with E-state index in [-0.39, 0.29) is 11.4 Å². The van der Waals surface area contributed by atoms with E-state index in [2.05, 4.69) is 26.3 Å². The summed E-state index contributed by atoms with van der Waals surface area (Å²) in [7, 11) is 0. The Bertz CT molecular complexity index is 369. The van der Waals surface area contributed by atoms with Crippen molar-refractivity contribution in [3.8, 4) is 0 Å². The molecule has 5 heteroatoms. The van der Waals surface area contributed by atoms with E-state index >= 15 is 0 Å². The lowest BCUT2D eigenvalue weighted by Gasteiger charge is -2.31. The molecule has 0 saturated carbocycles. The van der Waals surface area contributed by atoms with E-state index in [9.17, 15) is 4.79 Å². The summed E-state index contributed by atoms with van der Waals surface area (Å²) in [5.74, 6) is -0.0660. The maximum absolute atomic E-state index is 11.5. The third-order valence-corrected chi connectivity index (χ3v) is 2.77. The molecule has 70 valence electrons. The van der Waals surface area contributed by atoms with Crippen LogP contribution in [0.3, 0.4) is 0 Å². The normalized spacial score (nSPS) is 19.5. The zero-order valence-electron chi connectivity index (χ0n) is 7.47. The first kappa shape index (κ1) is 8.74. The van der Waals surface area contributed by atoms with Crippen molar-refractivity contribution in [1.82, 2.24) is 15.1 Å². The van der Waals surface area contributed by atoms with Crippen molar-refractivity contribution in [1.29, 1.82) is 0 Å². The van der Waals surface area contributed by atoms with Crippen molar-refractivity contribution < 1.29 is 4.79 Å². The minimum atomic E-state index is -0.144. The van der Waals surface area contributed by atoms with Gasteiger partial charge in [0.05, 0.1) is 16.2 Å². The molecule has 0 atom stereocenters. The summed E-state index contributed by atoms with van der Waals surface area (Å²) in [6.07, 6.45) is 1.65. The fraction of sp³-hybridized carbons (Fsp3) is 0.500. The van der Waals surface area contributed by atoms with Crippen LogP contribution in [-0.2, 0) is 5.54 Å². The number of hydrogen-bond donors (Lipinski definition) is 1. The molecule has 0 spiro atoms. The van der Waals surface area contributed by atoms with Gasteiger partial charge in [-0.15, -0.1) is 0 Å². The molecule has 1 aromatic rings. The van der Waals surface area contributed by atoms with Crippen molar-refractivity contribution in [2.45, 2.75) is 19.4 Å². The van der Waals surface area contributed by atoms with E-state index < -0.39 is 0 Å². The number of carbonyl (C=O) groups is 1. The van der Waals surface area contributed by atoms with Crippen molar-refractivity contribution in [2.24, 2.45) is 0 Å². The summed E-state index contributed by atoms with van der Waals surface area (Å²) in [4.78, 5) is 11.5. The van der Waals surface area contributed by atoms with Crippen LogP contribution >= 0.6 is 15.9 Å². The highest BCUT2D eigenvalue weighted by Crippen LogP contribution is 2.25. The van der Waals surface area contributed by atoms with Gasteiger partial charge in [0.25, 0.3) is 5.91 Å². The van der Waals surface area contributed by atoms with Gasteiger partial charge in [-0.25, -0.2) is 0 Å². The Morgan fingerprint density at radius 2 is 2.38 bits per heavy atom. The van der Waals surface area contributed by atoms with Crippen LogP contribution < -0.4 is 5.32 Å². The number of halogens is 1. The lowest BCUT2D eigenvalue weighted by atomic mass is 10.0. The second kappa shape index (κ2) is 2.57. The van der Waals surface area contributed by atoms with Crippen LogP contribution in [0.1, 0.15) is 24.3 Å². The summed E-state index contributed by atoms with van der Waals surface area (Å²) < 4.78 is 2.51. The average molecular weight is 244 g/mol. The molecule has 13 heavy (non-hydrogen) atoms. The standard InChI is InChI=1S/C8H10BrN3O/c1-8(2)4-10-7(13)6-5(9)3-11-12(6)8/h3H,4H2,1-2H3,(H,10,13). The van der Waals surface area contributed by atoms with E-state index in [0.717, 1.165) is 4.47 Å². The van der Waals surface area contributed by atoms with Gasteiger partial charge in [-0.3, -0.25) is 9.48 Å².